The fraction of sp³-hybridized carbons (Fsp3) is 0.423. The van der Waals surface area contributed by atoms with Gasteiger partial charge in [0.1, 0.15) is 23.7 Å². The molecule has 0 amide bonds. The van der Waals surface area contributed by atoms with Gasteiger partial charge in [0.15, 0.2) is 11.6 Å². The minimum Gasteiger partial charge on any atom is -0.495 e. The summed E-state index contributed by atoms with van der Waals surface area (Å²) in [6.07, 6.45) is 7.52. The number of rotatable bonds is 6. The Morgan fingerprint density at radius 2 is 1.91 bits per heavy atom. The van der Waals surface area contributed by atoms with E-state index in [1.807, 2.05) is 12.3 Å². The lowest BCUT2D eigenvalue weighted by molar-refractivity contribution is 0.143. The summed E-state index contributed by atoms with van der Waals surface area (Å²) >= 11 is 1.71. The lowest BCUT2D eigenvalue weighted by Crippen LogP contribution is -2.29. The maximum Gasteiger partial charge on any atom is 0.166 e. The van der Waals surface area contributed by atoms with Crippen LogP contribution in [0, 0.1) is 11.8 Å². The molecule has 0 aliphatic carbocycles. The van der Waals surface area contributed by atoms with Crippen LogP contribution in [-0.4, -0.2) is 57.8 Å². The molecular weight excluding hydrogens is 462 g/mol. The number of hydrogen-bond donors (Lipinski definition) is 2. The molecule has 1 fully saturated rings. The fourth-order valence-corrected chi connectivity index (χ4v) is 4.86. The normalized spacial score (nSPS) is 14.9. The second-order valence-electron chi connectivity index (χ2n) is 9.23. The van der Waals surface area contributed by atoms with E-state index in [0.29, 0.717) is 28.9 Å². The molecule has 0 saturated carbocycles. The van der Waals surface area contributed by atoms with Gasteiger partial charge in [0.2, 0.25) is 0 Å². The largest absolute Gasteiger partial charge is 0.495 e. The van der Waals surface area contributed by atoms with Crippen LogP contribution in [0.15, 0.2) is 30.7 Å². The topological polar surface area (TPSA) is 107 Å². The van der Waals surface area contributed by atoms with E-state index in [0.717, 1.165) is 41.9 Å². The van der Waals surface area contributed by atoms with Crippen LogP contribution in [0.25, 0.3) is 10.4 Å². The van der Waals surface area contributed by atoms with E-state index in [1.165, 1.54) is 5.01 Å². The first-order chi connectivity index (χ1) is 16.7. The first-order valence-corrected chi connectivity index (χ1v) is 12.3. The Kier molecular flexibility index (Phi) is 7.55. The Bertz CT molecular complexity index is 1230. The van der Waals surface area contributed by atoms with Crippen molar-refractivity contribution in [3.8, 4) is 33.8 Å². The average Bonchev–Trinajstić information content (AvgIpc) is 3.32. The molecule has 184 valence electrons. The van der Waals surface area contributed by atoms with Gasteiger partial charge in [-0.2, -0.15) is 0 Å². The first kappa shape index (κ1) is 24.9. The summed E-state index contributed by atoms with van der Waals surface area (Å²) in [5, 5.41) is 11.0. The van der Waals surface area contributed by atoms with Gasteiger partial charge in [-0.25, -0.2) is 15.0 Å². The van der Waals surface area contributed by atoms with Gasteiger partial charge in [-0.15, -0.1) is 11.3 Å². The summed E-state index contributed by atoms with van der Waals surface area (Å²) in [7, 11) is 3.74. The first-order valence-electron chi connectivity index (χ1n) is 11.5. The number of nitrogens with zero attached hydrogens (tertiary/aromatic N) is 4. The molecule has 1 aliphatic heterocycles. The van der Waals surface area contributed by atoms with Gasteiger partial charge in [-0.05, 0) is 64.9 Å². The van der Waals surface area contributed by atoms with Gasteiger partial charge in [0.25, 0.3) is 0 Å². The predicted molar refractivity (Wildman–Crippen MR) is 138 cm³/mol. The molecule has 0 spiro atoms. The smallest absolute Gasteiger partial charge is 0.166 e. The number of hydrogen-bond acceptors (Lipinski definition) is 9. The summed E-state index contributed by atoms with van der Waals surface area (Å²) in [6, 6.07) is 3.68. The minimum atomic E-state index is -1.11. The van der Waals surface area contributed by atoms with E-state index < -0.39 is 5.60 Å². The number of piperidine rings is 1. The molecule has 8 nitrogen and oxygen atoms in total. The molecule has 0 unspecified atom stereocenters. The summed E-state index contributed by atoms with van der Waals surface area (Å²) < 4.78 is 11.5. The fourth-order valence-electron chi connectivity index (χ4n) is 3.79. The molecule has 9 heteroatoms. The van der Waals surface area contributed by atoms with E-state index in [2.05, 4.69) is 33.8 Å². The van der Waals surface area contributed by atoms with Gasteiger partial charge < -0.3 is 25.2 Å². The van der Waals surface area contributed by atoms with Gasteiger partial charge in [0, 0.05) is 29.4 Å². The van der Waals surface area contributed by atoms with Crippen molar-refractivity contribution in [2.45, 2.75) is 44.8 Å². The summed E-state index contributed by atoms with van der Waals surface area (Å²) in [5.74, 6) is 7.52. The maximum atomic E-state index is 9.86. The molecular formula is C26H31N5O3S. The van der Waals surface area contributed by atoms with Crippen molar-refractivity contribution in [3.63, 3.8) is 0 Å². The SMILES string of the molecule is COc1cnc(C#CC(C)(C)O)cc1COc1cc(-c2cnc(C3CCN(C)CC3)s2)cnc1N. The van der Waals surface area contributed by atoms with Crippen molar-refractivity contribution >= 4 is 17.2 Å². The molecule has 3 aromatic heterocycles. The summed E-state index contributed by atoms with van der Waals surface area (Å²) in [6.45, 7) is 5.64. The summed E-state index contributed by atoms with van der Waals surface area (Å²) in [5.41, 5.74) is 7.20. The highest BCUT2D eigenvalue weighted by Gasteiger charge is 2.21. The van der Waals surface area contributed by atoms with E-state index in [9.17, 15) is 5.11 Å². The lowest BCUT2D eigenvalue weighted by Gasteiger charge is -2.27. The highest BCUT2D eigenvalue weighted by atomic mass is 32.1. The van der Waals surface area contributed by atoms with Crippen LogP contribution in [0.1, 0.15) is 48.9 Å². The molecule has 0 aromatic carbocycles. The van der Waals surface area contributed by atoms with E-state index in [4.69, 9.17) is 20.2 Å². The van der Waals surface area contributed by atoms with Gasteiger partial charge in [0.05, 0.1) is 23.2 Å². The van der Waals surface area contributed by atoms with Crippen LogP contribution in [0.4, 0.5) is 5.82 Å². The van der Waals surface area contributed by atoms with Crippen LogP contribution in [0.3, 0.4) is 0 Å². The van der Waals surface area contributed by atoms with Gasteiger partial charge >= 0.3 is 0 Å². The third-order valence-corrected chi connectivity index (χ3v) is 7.01. The standard InChI is InChI=1S/C26H31N5O3S/c1-26(2,32)8-5-20-11-19(22(33-4)14-28-20)16-34-21-12-18(13-29-24(21)27)23-15-30-25(35-23)17-6-9-31(3)10-7-17/h11-15,17,32H,6-7,9-10,16H2,1-4H3,(H2,27,29). The van der Waals surface area contributed by atoms with Crippen LogP contribution < -0.4 is 15.2 Å². The second kappa shape index (κ2) is 10.6. The van der Waals surface area contributed by atoms with Crippen molar-refractivity contribution in [2.75, 3.05) is 33.0 Å². The van der Waals surface area contributed by atoms with E-state index >= 15 is 0 Å². The number of pyridine rings is 2. The number of likely N-dealkylation sites (tertiary alicyclic amines) is 1. The number of ether oxygens (including phenoxy) is 2. The quantitative estimate of drug-likeness (QED) is 0.501. The number of anilines is 1. The Labute approximate surface area is 210 Å². The molecule has 0 atom stereocenters. The van der Waals surface area contributed by atoms with Crippen LogP contribution >= 0.6 is 11.3 Å². The number of nitrogens with two attached hydrogens (primary N) is 1. The lowest BCUT2D eigenvalue weighted by atomic mass is 9.98. The molecule has 4 rings (SSSR count). The zero-order valence-electron chi connectivity index (χ0n) is 20.5. The predicted octanol–water partition coefficient (Wildman–Crippen LogP) is 3.70. The van der Waals surface area contributed by atoms with Crippen LogP contribution in [0.5, 0.6) is 11.5 Å². The minimum absolute atomic E-state index is 0.196. The third kappa shape index (κ3) is 6.48. The molecule has 3 N–H and O–H groups in total. The number of thiazole rings is 1. The summed E-state index contributed by atoms with van der Waals surface area (Å²) in [4.78, 5) is 16.7. The van der Waals surface area contributed by atoms with Crippen LogP contribution in [-0.2, 0) is 6.61 Å². The van der Waals surface area contributed by atoms with Crippen molar-refractivity contribution < 1.29 is 14.6 Å². The molecule has 1 saturated heterocycles. The van der Waals surface area contributed by atoms with Crippen molar-refractivity contribution in [3.05, 3.63) is 47.0 Å². The Morgan fingerprint density at radius 1 is 1.14 bits per heavy atom. The highest BCUT2D eigenvalue weighted by Crippen LogP contribution is 2.36. The van der Waals surface area contributed by atoms with Crippen molar-refractivity contribution in [1.29, 1.82) is 0 Å². The molecule has 0 bridgehead atoms. The average molecular weight is 494 g/mol. The number of methoxy groups -OCH3 is 1. The number of aromatic nitrogens is 3. The highest BCUT2D eigenvalue weighted by molar-refractivity contribution is 7.15. The molecule has 1 aliphatic rings. The Balaban J connectivity index is 1.51. The zero-order valence-corrected chi connectivity index (χ0v) is 21.4. The maximum absolute atomic E-state index is 9.86. The molecule has 35 heavy (non-hydrogen) atoms. The molecule has 3 aromatic rings. The molecule has 0 radical (unpaired) electrons. The van der Waals surface area contributed by atoms with Crippen molar-refractivity contribution in [1.82, 2.24) is 19.9 Å². The van der Waals surface area contributed by atoms with Gasteiger partial charge in [-0.1, -0.05) is 5.92 Å². The monoisotopic (exact) mass is 493 g/mol. The number of aliphatic hydroxyl groups is 1. The molecule has 4 heterocycles. The van der Waals surface area contributed by atoms with E-state index in [1.54, 1.807) is 50.8 Å². The van der Waals surface area contributed by atoms with Crippen molar-refractivity contribution in [2.24, 2.45) is 0 Å². The zero-order chi connectivity index (χ0) is 25.0. The Hall–Kier alpha value is -3.19. The second-order valence-corrected chi connectivity index (χ2v) is 10.3. The third-order valence-electron chi connectivity index (χ3n) is 5.81. The number of nitrogen functional groups attached to an aromatic ring is 1. The van der Waals surface area contributed by atoms with E-state index in [-0.39, 0.29) is 6.61 Å². The Morgan fingerprint density at radius 3 is 2.63 bits per heavy atom. The van der Waals surface area contributed by atoms with Crippen LogP contribution in [0.2, 0.25) is 0 Å². The van der Waals surface area contributed by atoms with Gasteiger partial charge in [-0.3, -0.25) is 0 Å².